The molecule has 116 valence electrons. The predicted octanol–water partition coefficient (Wildman–Crippen LogP) is 4.17. The van der Waals surface area contributed by atoms with Crippen molar-refractivity contribution in [2.24, 2.45) is 0 Å². The van der Waals surface area contributed by atoms with Gasteiger partial charge in [0.25, 0.3) is 0 Å². The molecule has 0 amide bonds. The molecule has 0 fully saturated rings. The summed E-state index contributed by atoms with van der Waals surface area (Å²) in [6, 6.07) is 24.4. The van der Waals surface area contributed by atoms with Crippen molar-refractivity contribution in [3.8, 4) is 22.6 Å². The summed E-state index contributed by atoms with van der Waals surface area (Å²) in [5.74, 6) is 0.675. The normalized spacial score (nSPS) is 11.9. The molecule has 0 bridgehead atoms. The highest BCUT2D eigenvalue weighted by Gasteiger charge is 2.09. The Kier molecular flexibility index (Phi) is 4.60. The summed E-state index contributed by atoms with van der Waals surface area (Å²) in [5.41, 5.74) is 3.05. The van der Waals surface area contributed by atoms with Crippen LogP contribution < -0.4 is 4.74 Å². The maximum atomic E-state index is 10.2. The Balaban J connectivity index is 1.65. The first-order valence-corrected chi connectivity index (χ1v) is 7.47. The first-order valence-electron chi connectivity index (χ1n) is 7.47. The molecule has 0 saturated heterocycles. The second kappa shape index (κ2) is 6.99. The lowest BCUT2D eigenvalue weighted by atomic mass is 10.0. The van der Waals surface area contributed by atoms with Crippen molar-refractivity contribution in [1.82, 2.24) is 0 Å². The van der Waals surface area contributed by atoms with E-state index >= 15 is 0 Å². The number of benzene rings is 3. The van der Waals surface area contributed by atoms with Crippen molar-refractivity contribution < 1.29 is 14.9 Å². The minimum Gasteiger partial charge on any atom is -0.508 e. The molecule has 0 heterocycles. The van der Waals surface area contributed by atoms with Crippen molar-refractivity contribution in [2.45, 2.75) is 6.10 Å². The van der Waals surface area contributed by atoms with Crippen LogP contribution in [0.3, 0.4) is 0 Å². The van der Waals surface area contributed by atoms with Crippen molar-refractivity contribution in [3.63, 3.8) is 0 Å². The zero-order valence-corrected chi connectivity index (χ0v) is 12.6. The topological polar surface area (TPSA) is 49.7 Å². The Morgan fingerprint density at radius 3 is 2.17 bits per heavy atom. The molecule has 3 nitrogen and oxygen atoms in total. The van der Waals surface area contributed by atoms with Crippen LogP contribution >= 0.6 is 0 Å². The average molecular weight is 306 g/mol. The summed E-state index contributed by atoms with van der Waals surface area (Å²) in [7, 11) is 0. The van der Waals surface area contributed by atoms with Crippen molar-refractivity contribution >= 4 is 0 Å². The molecule has 0 spiro atoms. The van der Waals surface area contributed by atoms with Crippen LogP contribution in [0.2, 0.25) is 0 Å². The Bertz CT molecular complexity index is 751. The van der Waals surface area contributed by atoms with E-state index in [-0.39, 0.29) is 12.4 Å². The summed E-state index contributed by atoms with van der Waals surface area (Å²) in [5, 5.41) is 19.6. The van der Waals surface area contributed by atoms with Gasteiger partial charge in [-0.2, -0.15) is 0 Å². The number of phenolic OH excluding ortho intramolecular Hbond substituents is 1. The van der Waals surface area contributed by atoms with Gasteiger partial charge in [0, 0.05) is 6.07 Å². The SMILES string of the molecule is Oc1cccc(OCC(O)c2ccc(-c3ccccc3)cc2)c1. The summed E-state index contributed by atoms with van der Waals surface area (Å²) < 4.78 is 5.51. The van der Waals surface area contributed by atoms with E-state index < -0.39 is 6.10 Å². The molecule has 1 atom stereocenters. The van der Waals surface area contributed by atoms with Gasteiger partial charge in [0.2, 0.25) is 0 Å². The van der Waals surface area contributed by atoms with Gasteiger partial charge in [-0.3, -0.25) is 0 Å². The average Bonchev–Trinajstić information content (AvgIpc) is 2.61. The van der Waals surface area contributed by atoms with Gasteiger partial charge < -0.3 is 14.9 Å². The predicted molar refractivity (Wildman–Crippen MR) is 90.4 cm³/mol. The van der Waals surface area contributed by atoms with Crippen LogP contribution in [0.4, 0.5) is 0 Å². The minimum atomic E-state index is -0.720. The number of aliphatic hydroxyl groups is 1. The summed E-state index contributed by atoms with van der Waals surface area (Å²) >= 11 is 0. The number of hydrogen-bond donors (Lipinski definition) is 2. The number of ether oxygens (including phenoxy) is 1. The fraction of sp³-hybridized carbons (Fsp3) is 0.100. The molecule has 3 aromatic carbocycles. The summed E-state index contributed by atoms with van der Waals surface area (Å²) in [6.45, 7) is 0.133. The van der Waals surface area contributed by atoms with Crippen LogP contribution in [-0.4, -0.2) is 16.8 Å². The smallest absolute Gasteiger partial charge is 0.123 e. The number of phenols is 1. The number of hydrogen-bond acceptors (Lipinski definition) is 3. The quantitative estimate of drug-likeness (QED) is 0.743. The Labute approximate surface area is 135 Å². The molecule has 0 aliphatic rings. The van der Waals surface area contributed by atoms with E-state index in [1.54, 1.807) is 18.2 Å². The Morgan fingerprint density at radius 1 is 0.783 bits per heavy atom. The van der Waals surface area contributed by atoms with E-state index in [2.05, 4.69) is 12.1 Å². The lowest BCUT2D eigenvalue weighted by Crippen LogP contribution is -2.09. The second-order valence-electron chi connectivity index (χ2n) is 5.31. The molecule has 3 heteroatoms. The summed E-state index contributed by atoms with van der Waals surface area (Å²) in [6.07, 6.45) is -0.720. The van der Waals surface area contributed by atoms with Gasteiger partial charge in [0.05, 0.1) is 0 Å². The van der Waals surface area contributed by atoms with Gasteiger partial charge >= 0.3 is 0 Å². The van der Waals surface area contributed by atoms with Crippen molar-refractivity contribution in [3.05, 3.63) is 84.4 Å². The van der Waals surface area contributed by atoms with Gasteiger partial charge in [-0.05, 0) is 28.8 Å². The fourth-order valence-corrected chi connectivity index (χ4v) is 2.37. The zero-order chi connectivity index (χ0) is 16.1. The van der Waals surface area contributed by atoms with Gasteiger partial charge in [-0.1, -0.05) is 60.7 Å². The van der Waals surface area contributed by atoms with E-state index in [9.17, 15) is 10.2 Å². The largest absolute Gasteiger partial charge is 0.508 e. The van der Waals surface area contributed by atoms with Crippen LogP contribution in [0.1, 0.15) is 11.7 Å². The highest BCUT2D eigenvalue weighted by Crippen LogP contribution is 2.23. The van der Waals surface area contributed by atoms with Crippen molar-refractivity contribution in [2.75, 3.05) is 6.61 Å². The number of aliphatic hydroxyl groups excluding tert-OH is 1. The molecule has 2 N–H and O–H groups in total. The minimum absolute atomic E-state index is 0.133. The van der Waals surface area contributed by atoms with Crippen LogP contribution in [0.15, 0.2) is 78.9 Å². The third-order valence-electron chi connectivity index (χ3n) is 3.63. The maximum Gasteiger partial charge on any atom is 0.123 e. The second-order valence-corrected chi connectivity index (χ2v) is 5.31. The third kappa shape index (κ3) is 3.90. The first kappa shape index (κ1) is 15.1. The lowest BCUT2D eigenvalue weighted by Gasteiger charge is -2.13. The molecule has 3 rings (SSSR count). The number of aromatic hydroxyl groups is 1. The van der Waals surface area contributed by atoms with E-state index in [4.69, 9.17) is 4.74 Å². The molecule has 0 aliphatic heterocycles. The highest BCUT2D eigenvalue weighted by atomic mass is 16.5. The standard InChI is InChI=1S/C20H18O3/c21-18-7-4-8-19(13-18)23-14-20(22)17-11-9-16(10-12-17)15-5-2-1-3-6-15/h1-13,20-22H,14H2. The van der Waals surface area contributed by atoms with E-state index in [0.29, 0.717) is 5.75 Å². The molecular formula is C20H18O3. The van der Waals surface area contributed by atoms with Crippen LogP contribution in [0.25, 0.3) is 11.1 Å². The lowest BCUT2D eigenvalue weighted by molar-refractivity contribution is 0.108. The third-order valence-corrected chi connectivity index (χ3v) is 3.63. The fourth-order valence-electron chi connectivity index (χ4n) is 2.37. The highest BCUT2D eigenvalue weighted by molar-refractivity contribution is 5.63. The Hall–Kier alpha value is -2.78. The molecule has 0 saturated carbocycles. The van der Waals surface area contributed by atoms with Gasteiger partial charge in [0.15, 0.2) is 0 Å². The van der Waals surface area contributed by atoms with Gasteiger partial charge in [-0.25, -0.2) is 0 Å². The molecule has 0 aliphatic carbocycles. The van der Waals surface area contributed by atoms with Crippen molar-refractivity contribution in [1.29, 1.82) is 0 Å². The van der Waals surface area contributed by atoms with Gasteiger partial charge in [0.1, 0.15) is 24.2 Å². The molecule has 0 radical (unpaired) electrons. The molecule has 3 aromatic rings. The summed E-state index contributed by atoms with van der Waals surface area (Å²) in [4.78, 5) is 0. The molecular weight excluding hydrogens is 288 g/mol. The monoisotopic (exact) mass is 306 g/mol. The van der Waals surface area contributed by atoms with E-state index in [1.807, 2.05) is 42.5 Å². The van der Waals surface area contributed by atoms with Gasteiger partial charge in [-0.15, -0.1) is 0 Å². The molecule has 1 unspecified atom stereocenters. The molecule has 23 heavy (non-hydrogen) atoms. The maximum absolute atomic E-state index is 10.2. The zero-order valence-electron chi connectivity index (χ0n) is 12.6. The number of rotatable bonds is 5. The Morgan fingerprint density at radius 2 is 1.48 bits per heavy atom. The van der Waals surface area contributed by atoms with Crippen LogP contribution in [0.5, 0.6) is 11.5 Å². The molecule has 0 aromatic heterocycles. The van der Waals surface area contributed by atoms with E-state index in [0.717, 1.165) is 16.7 Å². The van der Waals surface area contributed by atoms with Crippen LogP contribution in [0, 0.1) is 0 Å². The van der Waals surface area contributed by atoms with E-state index in [1.165, 1.54) is 6.07 Å². The first-order chi connectivity index (χ1) is 11.2. The van der Waals surface area contributed by atoms with Crippen LogP contribution in [-0.2, 0) is 0 Å².